The van der Waals surface area contributed by atoms with Gasteiger partial charge in [0.1, 0.15) is 12.6 Å². The molecule has 0 unspecified atom stereocenters. The Balaban J connectivity index is 2.99. The van der Waals surface area contributed by atoms with Crippen molar-refractivity contribution in [3.63, 3.8) is 0 Å². The zero-order chi connectivity index (χ0) is 14.7. The van der Waals surface area contributed by atoms with Crippen LogP contribution in [0.2, 0.25) is 0 Å². The summed E-state index contributed by atoms with van der Waals surface area (Å²) in [5.41, 5.74) is 0. The number of carbonyl (C=O) groups excluding carboxylic acids is 2. The van der Waals surface area contributed by atoms with Gasteiger partial charge in [-0.3, -0.25) is 0 Å². The smallest absolute Gasteiger partial charge is 0.123 e. The lowest BCUT2D eigenvalue weighted by atomic mass is 10.0. The van der Waals surface area contributed by atoms with Crippen molar-refractivity contribution in [3.05, 3.63) is 12.2 Å². The first-order valence-corrected chi connectivity index (χ1v) is 8.44. The SMILES string of the molecule is O=CCC=CCCCCCCCCCCCCCC=O. The van der Waals surface area contributed by atoms with Crippen LogP contribution in [-0.2, 0) is 9.59 Å². The zero-order valence-corrected chi connectivity index (χ0v) is 13.0. The van der Waals surface area contributed by atoms with Gasteiger partial charge in [-0.1, -0.05) is 69.9 Å². The van der Waals surface area contributed by atoms with Crippen LogP contribution >= 0.6 is 0 Å². The molecule has 0 fully saturated rings. The van der Waals surface area contributed by atoms with E-state index in [1.165, 1.54) is 64.2 Å². The minimum absolute atomic E-state index is 0.565. The van der Waals surface area contributed by atoms with Gasteiger partial charge in [0, 0.05) is 12.8 Å². The summed E-state index contributed by atoms with van der Waals surface area (Å²) in [7, 11) is 0. The van der Waals surface area contributed by atoms with E-state index in [0.717, 1.165) is 31.8 Å². The van der Waals surface area contributed by atoms with E-state index in [1.54, 1.807) is 0 Å². The van der Waals surface area contributed by atoms with Crippen molar-refractivity contribution in [1.82, 2.24) is 0 Å². The van der Waals surface area contributed by atoms with Gasteiger partial charge in [0.25, 0.3) is 0 Å². The van der Waals surface area contributed by atoms with Gasteiger partial charge < -0.3 is 9.59 Å². The highest BCUT2D eigenvalue weighted by atomic mass is 16.1. The minimum atomic E-state index is 0.565. The Morgan fingerprint density at radius 3 is 1.35 bits per heavy atom. The molecule has 20 heavy (non-hydrogen) atoms. The second-order valence-corrected chi connectivity index (χ2v) is 5.51. The van der Waals surface area contributed by atoms with Crippen LogP contribution in [0.25, 0.3) is 0 Å². The van der Waals surface area contributed by atoms with E-state index < -0.39 is 0 Å². The fourth-order valence-electron chi connectivity index (χ4n) is 2.35. The molecule has 0 heterocycles. The number of hydrogen-bond acceptors (Lipinski definition) is 2. The molecule has 0 radical (unpaired) electrons. The average Bonchev–Trinajstić information content (AvgIpc) is 2.47. The van der Waals surface area contributed by atoms with Crippen molar-refractivity contribution in [1.29, 1.82) is 0 Å². The molecular formula is C18H32O2. The number of rotatable bonds is 16. The van der Waals surface area contributed by atoms with Gasteiger partial charge in [-0.2, -0.15) is 0 Å². The third kappa shape index (κ3) is 17.1. The van der Waals surface area contributed by atoms with Crippen molar-refractivity contribution >= 4 is 12.6 Å². The lowest BCUT2D eigenvalue weighted by Gasteiger charge is -2.02. The first-order valence-electron chi connectivity index (χ1n) is 8.44. The summed E-state index contributed by atoms with van der Waals surface area (Å²) in [4.78, 5) is 20.2. The number of carbonyl (C=O) groups is 2. The van der Waals surface area contributed by atoms with Gasteiger partial charge >= 0.3 is 0 Å². The predicted molar refractivity (Wildman–Crippen MR) is 85.9 cm³/mol. The molecule has 116 valence electrons. The van der Waals surface area contributed by atoms with Crippen LogP contribution in [0, 0.1) is 0 Å². The van der Waals surface area contributed by atoms with Gasteiger partial charge in [0.05, 0.1) is 0 Å². The number of aldehydes is 2. The summed E-state index contributed by atoms with van der Waals surface area (Å²) >= 11 is 0. The van der Waals surface area contributed by atoms with E-state index in [9.17, 15) is 9.59 Å². The summed E-state index contributed by atoms with van der Waals surface area (Å²) in [6.45, 7) is 0. The Kier molecular flexibility index (Phi) is 17.2. The van der Waals surface area contributed by atoms with E-state index in [1.807, 2.05) is 6.08 Å². The summed E-state index contributed by atoms with van der Waals surface area (Å²) in [5, 5.41) is 0. The molecule has 0 bridgehead atoms. The number of allylic oxidation sites excluding steroid dienone is 2. The largest absolute Gasteiger partial charge is 0.303 e. The van der Waals surface area contributed by atoms with Crippen LogP contribution < -0.4 is 0 Å². The summed E-state index contributed by atoms with van der Waals surface area (Å²) in [6.07, 6.45) is 22.8. The van der Waals surface area contributed by atoms with E-state index >= 15 is 0 Å². The second kappa shape index (κ2) is 18.1. The van der Waals surface area contributed by atoms with Gasteiger partial charge in [0.2, 0.25) is 0 Å². The van der Waals surface area contributed by atoms with E-state index in [-0.39, 0.29) is 0 Å². The predicted octanol–water partition coefficient (Wildman–Crippen LogP) is 5.40. The molecule has 2 nitrogen and oxygen atoms in total. The van der Waals surface area contributed by atoms with Crippen molar-refractivity contribution in [2.24, 2.45) is 0 Å². The number of unbranched alkanes of at least 4 members (excludes halogenated alkanes) is 12. The molecule has 0 aromatic heterocycles. The van der Waals surface area contributed by atoms with Crippen LogP contribution in [0.5, 0.6) is 0 Å². The fourth-order valence-corrected chi connectivity index (χ4v) is 2.35. The Bertz CT molecular complexity index is 234. The first-order chi connectivity index (χ1) is 9.91. The average molecular weight is 280 g/mol. The van der Waals surface area contributed by atoms with Crippen molar-refractivity contribution in [2.45, 2.75) is 89.9 Å². The van der Waals surface area contributed by atoms with Crippen LogP contribution in [0.15, 0.2) is 12.2 Å². The van der Waals surface area contributed by atoms with Gasteiger partial charge in [-0.25, -0.2) is 0 Å². The maximum Gasteiger partial charge on any atom is 0.123 e. The zero-order valence-electron chi connectivity index (χ0n) is 13.0. The Hall–Kier alpha value is -0.920. The lowest BCUT2D eigenvalue weighted by Crippen LogP contribution is -1.83. The summed E-state index contributed by atoms with van der Waals surface area (Å²) < 4.78 is 0. The van der Waals surface area contributed by atoms with Crippen molar-refractivity contribution in [3.8, 4) is 0 Å². The quantitative estimate of drug-likeness (QED) is 0.215. The van der Waals surface area contributed by atoms with Gasteiger partial charge in [-0.15, -0.1) is 0 Å². The standard InChI is InChI=1S/C18H32O2/c19-17-15-13-11-9-7-5-3-1-2-4-6-8-10-12-14-16-18-20/h11,13,17-18H,1-10,12,14-16H2. The Morgan fingerprint density at radius 1 is 0.450 bits per heavy atom. The molecule has 0 N–H and O–H groups in total. The molecule has 0 saturated carbocycles. The molecule has 0 aromatic carbocycles. The fraction of sp³-hybridized carbons (Fsp3) is 0.778. The molecule has 0 amide bonds. The highest BCUT2D eigenvalue weighted by molar-refractivity contribution is 5.51. The molecule has 0 aromatic rings. The Morgan fingerprint density at radius 2 is 0.900 bits per heavy atom. The third-order valence-corrected chi connectivity index (χ3v) is 3.59. The van der Waals surface area contributed by atoms with Crippen molar-refractivity contribution < 1.29 is 9.59 Å². The summed E-state index contributed by atoms with van der Waals surface area (Å²) in [5.74, 6) is 0. The van der Waals surface area contributed by atoms with Gasteiger partial charge in [-0.05, 0) is 19.3 Å². The molecule has 0 aliphatic rings. The Labute approximate surface area is 125 Å². The number of hydrogen-bond donors (Lipinski definition) is 0. The van der Waals surface area contributed by atoms with E-state index in [2.05, 4.69) is 6.08 Å². The van der Waals surface area contributed by atoms with Crippen LogP contribution in [-0.4, -0.2) is 12.6 Å². The molecule has 0 saturated heterocycles. The maximum atomic E-state index is 10.1. The van der Waals surface area contributed by atoms with Crippen molar-refractivity contribution in [2.75, 3.05) is 0 Å². The highest BCUT2D eigenvalue weighted by Crippen LogP contribution is 2.12. The normalized spacial score (nSPS) is 11.0. The molecule has 0 aliphatic heterocycles. The van der Waals surface area contributed by atoms with Gasteiger partial charge in [0.15, 0.2) is 0 Å². The highest BCUT2D eigenvalue weighted by Gasteiger charge is 1.93. The van der Waals surface area contributed by atoms with Crippen LogP contribution in [0.1, 0.15) is 89.9 Å². The third-order valence-electron chi connectivity index (χ3n) is 3.59. The maximum absolute atomic E-state index is 10.1. The van der Waals surface area contributed by atoms with Crippen LogP contribution in [0.3, 0.4) is 0 Å². The lowest BCUT2D eigenvalue weighted by molar-refractivity contribution is -0.108. The topological polar surface area (TPSA) is 34.1 Å². The van der Waals surface area contributed by atoms with Crippen LogP contribution in [0.4, 0.5) is 0 Å². The molecule has 0 spiro atoms. The molecular weight excluding hydrogens is 248 g/mol. The van der Waals surface area contributed by atoms with E-state index in [4.69, 9.17) is 0 Å². The molecule has 2 heteroatoms. The molecule has 0 aliphatic carbocycles. The minimum Gasteiger partial charge on any atom is -0.303 e. The van der Waals surface area contributed by atoms with E-state index in [0.29, 0.717) is 6.42 Å². The summed E-state index contributed by atoms with van der Waals surface area (Å²) in [6, 6.07) is 0. The molecule has 0 rings (SSSR count). The molecule has 0 atom stereocenters. The first kappa shape index (κ1) is 19.1. The monoisotopic (exact) mass is 280 g/mol. The second-order valence-electron chi connectivity index (χ2n) is 5.51.